The molecular weight excluding hydrogens is 454 g/mol. The third-order valence-corrected chi connectivity index (χ3v) is 6.04. The van der Waals surface area contributed by atoms with Gasteiger partial charge in [-0.25, -0.2) is 0 Å². The van der Waals surface area contributed by atoms with Gasteiger partial charge in [-0.2, -0.15) is 0 Å². The lowest BCUT2D eigenvalue weighted by atomic mass is 10.1. The van der Waals surface area contributed by atoms with Gasteiger partial charge in [0.15, 0.2) is 11.0 Å². The zero-order valence-corrected chi connectivity index (χ0v) is 19.4. The van der Waals surface area contributed by atoms with Crippen LogP contribution in [0.1, 0.15) is 11.7 Å². The van der Waals surface area contributed by atoms with Crippen LogP contribution in [-0.4, -0.2) is 48.8 Å². The van der Waals surface area contributed by atoms with Gasteiger partial charge in [-0.3, -0.25) is 9.55 Å². The molecule has 1 aromatic carbocycles. The van der Waals surface area contributed by atoms with Crippen molar-refractivity contribution in [3.05, 3.63) is 66.5 Å². The van der Waals surface area contributed by atoms with E-state index in [4.69, 9.17) is 13.7 Å². The lowest BCUT2D eigenvalue weighted by molar-refractivity contribution is 0.185. The topological polar surface area (TPSA) is 118 Å². The fraction of sp³-hybridized carbons (Fsp3) is 0.217. The maximum Gasteiger partial charge on any atom is 0.253 e. The molecular formula is C23H21N7O3S. The van der Waals surface area contributed by atoms with Crippen molar-refractivity contribution in [1.82, 2.24) is 35.1 Å². The largest absolute Gasteiger partial charge is 0.420 e. The zero-order chi connectivity index (χ0) is 23.3. The molecule has 0 spiro atoms. The summed E-state index contributed by atoms with van der Waals surface area (Å²) in [6.45, 7) is 2.97. The highest BCUT2D eigenvalue weighted by molar-refractivity contribution is 7.98. The molecule has 0 saturated carbocycles. The monoisotopic (exact) mass is 475 g/mol. The summed E-state index contributed by atoms with van der Waals surface area (Å²) in [5.41, 5.74) is 3.21. The van der Waals surface area contributed by atoms with Gasteiger partial charge >= 0.3 is 0 Å². The highest BCUT2D eigenvalue weighted by Crippen LogP contribution is 2.34. The van der Waals surface area contributed by atoms with E-state index in [0.717, 1.165) is 22.1 Å². The van der Waals surface area contributed by atoms with Gasteiger partial charge in [0, 0.05) is 30.6 Å². The summed E-state index contributed by atoms with van der Waals surface area (Å²) in [6.07, 6.45) is 3.46. The van der Waals surface area contributed by atoms with E-state index in [-0.39, 0.29) is 0 Å². The maximum atomic E-state index is 5.97. The van der Waals surface area contributed by atoms with E-state index in [9.17, 15) is 0 Å². The Balaban J connectivity index is 1.37. The molecule has 0 fully saturated rings. The van der Waals surface area contributed by atoms with Crippen LogP contribution in [0.5, 0.6) is 0 Å². The number of thioether (sulfide) groups is 1. The van der Waals surface area contributed by atoms with Crippen LogP contribution in [0.3, 0.4) is 0 Å². The molecule has 0 aliphatic heterocycles. The van der Waals surface area contributed by atoms with Gasteiger partial charge in [0.1, 0.15) is 17.0 Å². The molecule has 11 heteroatoms. The van der Waals surface area contributed by atoms with Crippen molar-refractivity contribution in [2.75, 3.05) is 13.7 Å². The summed E-state index contributed by atoms with van der Waals surface area (Å²) in [6, 6.07) is 13.6. The Hall–Kier alpha value is -3.83. The number of benzene rings is 1. The van der Waals surface area contributed by atoms with Crippen molar-refractivity contribution < 1.29 is 13.7 Å². The minimum absolute atomic E-state index is 0.367. The molecule has 4 aromatic heterocycles. The van der Waals surface area contributed by atoms with Crippen molar-refractivity contribution >= 4 is 11.8 Å². The van der Waals surface area contributed by atoms with E-state index in [2.05, 4.69) is 30.5 Å². The van der Waals surface area contributed by atoms with E-state index in [1.807, 2.05) is 54.0 Å². The van der Waals surface area contributed by atoms with E-state index in [0.29, 0.717) is 47.7 Å². The van der Waals surface area contributed by atoms with Crippen LogP contribution in [-0.2, 0) is 17.0 Å². The maximum absolute atomic E-state index is 5.97. The van der Waals surface area contributed by atoms with E-state index < -0.39 is 0 Å². The normalized spacial score (nSPS) is 11.2. The first kappa shape index (κ1) is 22.0. The van der Waals surface area contributed by atoms with Crippen molar-refractivity contribution in [3.8, 4) is 34.1 Å². The molecule has 0 aliphatic carbocycles. The van der Waals surface area contributed by atoms with Crippen LogP contribution in [0.2, 0.25) is 0 Å². The highest BCUT2D eigenvalue weighted by Gasteiger charge is 2.22. The Kier molecular flexibility index (Phi) is 6.45. The fourth-order valence-electron chi connectivity index (χ4n) is 3.45. The first-order valence-electron chi connectivity index (χ1n) is 10.5. The van der Waals surface area contributed by atoms with Crippen LogP contribution in [0.4, 0.5) is 0 Å². The molecule has 0 unspecified atom stereocenters. The SMILES string of the molecule is COCCn1c(SCc2nnc(-c3c(-c4ccccc4)noc3C)o2)nnc1-c1ccncc1. The molecule has 34 heavy (non-hydrogen) atoms. The summed E-state index contributed by atoms with van der Waals surface area (Å²) in [5.74, 6) is 2.63. The number of aryl methyl sites for hydroxylation is 1. The highest BCUT2D eigenvalue weighted by atomic mass is 32.2. The molecule has 0 amide bonds. The zero-order valence-electron chi connectivity index (χ0n) is 18.6. The van der Waals surface area contributed by atoms with Gasteiger partial charge in [-0.1, -0.05) is 47.3 Å². The lowest BCUT2D eigenvalue weighted by Crippen LogP contribution is -2.07. The molecule has 5 aromatic rings. The van der Waals surface area contributed by atoms with Gasteiger partial charge < -0.3 is 13.7 Å². The van der Waals surface area contributed by atoms with Crippen molar-refractivity contribution in [2.24, 2.45) is 0 Å². The second kappa shape index (κ2) is 9.98. The van der Waals surface area contributed by atoms with E-state index >= 15 is 0 Å². The molecule has 5 rings (SSSR count). The Morgan fingerprint density at radius 1 is 0.971 bits per heavy atom. The quantitative estimate of drug-likeness (QED) is 0.286. The molecule has 172 valence electrons. The van der Waals surface area contributed by atoms with Crippen LogP contribution < -0.4 is 0 Å². The second-order valence-corrected chi connectivity index (χ2v) is 8.25. The van der Waals surface area contributed by atoms with Crippen LogP contribution in [0.25, 0.3) is 34.1 Å². The third-order valence-electron chi connectivity index (χ3n) is 5.09. The van der Waals surface area contributed by atoms with Gasteiger partial charge in [0.25, 0.3) is 5.89 Å². The summed E-state index contributed by atoms with van der Waals surface area (Å²) >= 11 is 1.46. The van der Waals surface area contributed by atoms with Crippen molar-refractivity contribution in [3.63, 3.8) is 0 Å². The molecule has 0 bridgehead atoms. The molecule has 0 N–H and O–H groups in total. The number of nitrogens with zero attached hydrogens (tertiary/aromatic N) is 7. The Morgan fingerprint density at radius 3 is 2.59 bits per heavy atom. The van der Waals surface area contributed by atoms with Gasteiger partial charge in [0.05, 0.1) is 18.9 Å². The van der Waals surface area contributed by atoms with Crippen molar-refractivity contribution in [1.29, 1.82) is 0 Å². The predicted molar refractivity (Wildman–Crippen MR) is 125 cm³/mol. The molecule has 4 heterocycles. The standard InChI is InChI=1S/C23H21N7O3S/c1-15-19(20(29-33-15)16-6-4-3-5-7-16)22-27-25-18(32-22)14-34-23-28-26-21(30(23)12-13-31-2)17-8-10-24-11-9-17/h3-11H,12-14H2,1-2H3. The smallest absolute Gasteiger partial charge is 0.253 e. The first-order chi connectivity index (χ1) is 16.7. The Labute approximate surface area is 199 Å². The van der Waals surface area contributed by atoms with Gasteiger partial charge in [-0.05, 0) is 19.1 Å². The summed E-state index contributed by atoms with van der Waals surface area (Å²) in [4.78, 5) is 4.07. The number of rotatable bonds is 9. The van der Waals surface area contributed by atoms with E-state index in [1.165, 1.54) is 11.8 Å². The number of aromatic nitrogens is 7. The van der Waals surface area contributed by atoms with E-state index in [1.54, 1.807) is 19.5 Å². The molecule has 0 atom stereocenters. The Bertz CT molecular complexity index is 1370. The van der Waals surface area contributed by atoms with Crippen LogP contribution in [0, 0.1) is 6.92 Å². The molecule has 0 aliphatic rings. The summed E-state index contributed by atoms with van der Waals surface area (Å²) in [7, 11) is 1.67. The number of hydrogen-bond donors (Lipinski definition) is 0. The van der Waals surface area contributed by atoms with Crippen LogP contribution in [0.15, 0.2) is 69.0 Å². The Morgan fingerprint density at radius 2 is 1.79 bits per heavy atom. The number of ether oxygens (including phenoxy) is 1. The van der Waals surface area contributed by atoms with Gasteiger partial charge in [0.2, 0.25) is 5.89 Å². The first-order valence-corrected chi connectivity index (χ1v) is 11.5. The lowest BCUT2D eigenvalue weighted by Gasteiger charge is -2.09. The third kappa shape index (κ3) is 4.47. The number of pyridine rings is 1. The summed E-state index contributed by atoms with van der Waals surface area (Å²) in [5, 5.41) is 22.1. The second-order valence-electron chi connectivity index (χ2n) is 7.30. The molecule has 10 nitrogen and oxygen atoms in total. The average molecular weight is 476 g/mol. The number of methoxy groups -OCH3 is 1. The van der Waals surface area contributed by atoms with Gasteiger partial charge in [-0.15, -0.1) is 20.4 Å². The fourth-order valence-corrected chi connectivity index (χ4v) is 4.25. The van der Waals surface area contributed by atoms with Crippen molar-refractivity contribution in [2.45, 2.75) is 24.4 Å². The summed E-state index contributed by atoms with van der Waals surface area (Å²) < 4.78 is 18.7. The predicted octanol–water partition coefficient (Wildman–Crippen LogP) is 4.29. The number of hydrogen-bond acceptors (Lipinski definition) is 10. The average Bonchev–Trinajstić information content (AvgIpc) is 3.60. The minimum Gasteiger partial charge on any atom is -0.420 e. The minimum atomic E-state index is 0.367. The molecule has 0 radical (unpaired) electrons. The molecule has 0 saturated heterocycles. The van der Waals surface area contributed by atoms with Crippen LogP contribution >= 0.6 is 11.8 Å².